The number of carbonyl (C=O) groups excluding carboxylic acids is 1. The van der Waals surface area contributed by atoms with Gasteiger partial charge < -0.3 is 20.5 Å². The molecule has 138 valence electrons. The third-order valence-electron chi connectivity index (χ3n) is 4.34. The number of carbonyl (C=O) groups is 3. The summed E-state index contributed by atoms with van der Waals surface area (Å²) in [4.78, 5) is 38.0. The Morgan fingerprint density at radius 3 is 2.37 bits per heavy atom. The summed E-state index contributed by atoms with van der Waals surface area (Å²) >= 11 is 0. The first-order chi connectivity index (χ1) is 12.9. The highest BCUT2D eigenvalue weighted by molar-refractivity contribution is 6.04. The summed E-state index contributed by atoms with van der Waals surface area (Å²) < 4.78 is 0. The first kappa shape index (κ1) is 18.2. The second-order valence-electron chi connectivity index (χ2n) is 6.19. The number of hydrogen-bond acceptors (Lipinski definition) is 3. The molecule has 0 radical (unpaired) electrons. The van der Waals surface area contributed by atoms with Gasteiger partial charge >= 0.3 is 11.9 Å². The molecular weight excluding hydrogens is 348 g/mol. The van der Waals surface area contributed by atoms with E-state index >= 15 is 0 Å². The standard InChI is InChI=1S/C20H18N2O5/c1-11-6-7-16-15(10-11)12(17(22-16)20(26)27)8-9-21-18(23)13-4-2-3-5-14(13)19(24)25/h2-7,10,22H,8-9H2,1H3,(H,21,23)(H,24,25)(H,26,27). The van der Waals surface area contributed by atoms with Crippen LogP contribution in [0.25, 0.3) is 10.9 Å². The molecule has 0 aliphatic heterocycles. The van der Waals surface area contributed by atoms with Crippen molar-refractivity contribution in [2.24, 2.45) is 0 Å². The Hall–Kier alpha value is -3.61. The number of nitrogens with one attached hydrogen (secondary N) is 2. The minimum absolute atomic E-state index is 0.0678. The summed E-state index contributed by atoms with van der Waals surface area (Å²) in [6.07, 6.45) is 0.298. The molecule has 0 bridgehead atoms. The molecule has 3 rings (SSSR count). The van der Waals surface area contributed by atoms with E-state index in [1.165, 1.54) is 12.1 Å². The van der Waals surface area contributed by atoms with Gasteiger partial charge in [-0.25, -0.2) is 9.59 Å². The van der Waals surface area contributed by atoms with Crippen LogP contribution in [-0.4, -0.2) is 39.6 Å². The van der Waals surface area contributed by atoms with Crippen LogP contribution in [-0.2, 0) is 6.42 Å². The van der Waals surface area contributed by atoms with E-state index in [9.17, 15) is 24.6 Å². The lowest BCUT2D eigenvalue weighted by Gasteiger charge is -2.08. The van der Waals surface area contributed by atoms with Gasteiger partial charge in [-0.3, -0.25) is 4.79 Å². The van der Waals surface area contributed by atoms with E-state index < -0.39 is 17.8 Å². The van der Waals surface area contributed by atoms with Gasteiger partial charge in [0.05, 0.1) is 11.1 Å². The summed E-state index contributed by atoms with van der Waals surface area (Å²) in [5.41, 5.74) is 2.40. The maximum Gasteiger partial charge on any atom is 0.352 e. The van der Waals surface area contributed by atoms with Crippen LogP contribution in [0.1, 0.15) is 42.3 Å². The van der Waals surface area contributed by atoms with Crippen molar-refractivity contribution in [2.75, 3.05) is 6.54 Å². The quantitative estimate of drug-likeness (QED) is 0.535. The van der Waals surface area contributed by atoms with Gasteiger partial charge in [0.1, 0.15) is 5.69 Å². The molecular formula is C20H18N2O5. The van der Waals surface area contributed by atoms with Crippen molar-refractivity contribution in [2.45, 2.75) is 13.3 Å². The van der Waals surface area contributed by atoms with Gasteiger partial charge in [0, 0.05) is 17.4 Å². The molecule has 4 N–H and O–H groups in total. The molecule has 3 aromatic rings. The highest BCUT2D eigenvalue weighted by Gasteiger charge is 2.18. The number of carboxylic acid groups (broad SMARTS) is 2. The third-order valence-corrected chi connectivity index (χ3v) is 4.34. The van der Waals surface area contributed by atoms with Crippen molar-refractivity contribution in [3.63, 3.8) is 0 Å². The summed E-state index contributed by atoms with van der Waals surface area (Å²) in [6, 6.07) is 11.6. The SMILES string of the molecule is Cc1ccc2[nH]c(C(=O)O)c(CCNC(=O)c3ccccc3C(=O)O)c2c1. The first-order valence-electron chi connectivity index (χ1n) is 8.33. The zero-order chi connectivity index (χ0) is 19.6. The first-order valence-corrected chi connectivity index (χ1v) is 8.33. The van der Waals surface area contributed by atoms with Gasteiger partial charge in [0.15, 0.2) is 0 Å². The fourth-order valence-electron chi connectivity index (χ4n) is 3.07. The minimum Gasteiger partial charge on any atom is -0.478 e. The number of hydrogen-bond donors (Lipinski definition) is 4. The lowest BCUT2D eigenvalue weighted by molar-refractivity contribution is 0.0680. The molecule has 0 aliphatic rings. The third kappa shape index (κ3) is 3.67. The number of carboxylic acids is 2. The average Bonchev–Trinajstić information content (AvgIpc) is 2.99. The normalized spacial score (nSPS) is 10.7. The largest absolute Gasteiger partial charge is 0.478 e. The molecule has 1 amide bonds. The van der Waals surface area contributed by atoms with Crippen molar-refractivity contribution in [3.8, 4) is 0 Å². The highest BCUT2D eigenvalue weighted by atomic mass is 16.4. The summed E-state index contributed by atoms with van der Waals surface area (Å²) in [6.45, 7) is 2.09. The maximum absolute atomic E-state index is 12.3. The van der Waals surface area contributed by atoms with Crippen LogP contribution in [0.15, 0.2) is 42.5 Å². The number of fused-ring (bicyclic) bond motifs is 1. The topological polar surface area (TPSA) is 119 Å². The van der Waals surface area contributed by atoms with Gasteiger partial charge in [-0.15, -0.1) is 0 Å². The number of amides is 1. The van der Waals surface area contributed by atoms with Crippen LogP contribution in [0.4, 0.5) is 0 Å². The monoisotopic (exact) mass is 366 g/mol. The Kier molecular flexibility index (Phi) is 4.94. The number of aromatic carboxylic acids is 2. The fourth-order valence-corrected chi connectivity index (χ4v) is 3.07. The molecule has 1 aromatic heterocycles. The molecule has 0 unspecified atom stereocenters. The number of aromatic nitrogens is 1. The molecule has 0 fully saturated rings. The summed E-state index contributed by atoms with van der Waals surface area (Å²) in [5, 5.41) is 22.1. The Morgan fingerprint density at radius 2 is 1.70 bits per heavy atom. The van der Waals surface area contributed by atoms with E-state index in [4.69, 9.17) is 0 Å². The second kappa shape index (κ2) is 7.33. The van der Waals surface area contributed by atoms with Crippen molar-refractivity contribution in [1.82, 2.24) is 10.3 Å². The van der Waals surface area contributed by atoms with Gasteiger partial charge in [-0.05, 0) is 43.2 Å². The van der Waals surface area contributed by atoms with E-state index in [1.54, 1.807) is 12.1 Å². The molecule has 7 heteroatoms. The molecule has 2 aromatic carbocycles. The Morgan fingerprint density at radius 1 is 1.00 bits per heavy atom. The van der Waals surface area contributed by atoms with Crippen LogP contribution in [0.2, 0.25) is 0 Å². The van der Waals surface area contributed by atoms with E-state index in [-0.39, 0.29) is 23.4 Å². The molecule has 0 aliphatic carbocycles. The van der Waals surface area contributed by atoms with Crippen LogP contribution in [0.5, 0.6) is 0 Å². The summed E-state index contributed by atoms with van der Waals surface area (Å²) in [7, 11) is 0. The van der Waals surface area contributed by atoms with Gasteiger partial charge in [-0.1, -0.05) is 23.8 Å². The molecule has 1 heterocycles. The van der Waals surface area contributed by atoms with E-state index in [0.717, 1.165) is 16.5 Å². The van der Waals surface area contributed by atoms with Crippen LogP contribution < -0.4 is 5.32 Å². The van der Waals surface area contributed by atoms with E-state index in [2.05, 4.69) is 10.3 Å². The van der Waals surface area contributed by atoms with E-state index in [0.29, 0.717) is 12.0 Å². The van der Waals surface area contributed by atoms with E-state index in [1.807, 2.05) is 25.1 Å². The van der Waals surface area contributed by atoms with Crippen molar-refractivity contribution in [3.05, 3.63) is 70.4 Å². The zero-order valence-electron chi connectivity index (χ0n) is 14.6. The predicted octanol–water partition coefficient (Wildman–Crippen LogP) is 2.85. The van der Waals surface area contributed by atoms with Crippen LogP contribution in [0, 0.1) is 6.92 Å². The number of aromatic amines is 1. The number of aryl methyl sites for hydroxylation is 1. The Balaban J connectivity index is 1.81. The van der Waals surface area contributed by atoms with Gasteiger partial charge in [0.2, 0.25) is 0 Å². The predicted molar refractivity (Wildman–Crippen MR) is 99.4 cm³/mol. The lowest BCUT2D eigenvalue weighted by atomic mass is 10.0. The smallest absolute Gasteiger partial charge is 0.352 e. The Labute approximate surface area is 154 Å². The molecule has 0 spiro atoms. The number of benzene rings is 2. The van der Waals surface area contributed by atoms with Crippen molar-refractivity contribution >= 4 is 28.7 Å². The van der Waals surface area contributed by atoms with Gasteiger partial charge in [0.25, 0.3) is 5.91 Å². The molecule has 0 saturated carbocycles. The van der Waals surface area contributed by atoms with Gasteiger partial charge in [-0.2, -0.15) is 0 Å². The zero-order valence-corrected chi connectivity index (χ0v) is 14.6. The van der Waals surface area contributed by atoms with Crippen LogP contribution in [0.3, 0.4) is 0 Å². The minimum atomic E-state index is -1.18. The van der Waals surface area contributed by atoms with Crippen LogP contribution >= 0.6 is 0 Å². The summed E-state index contributed by atoms with van der Waals surface area (Å²) in [5.74, 6) is -2.76. The molecule has 27 heavy (non-hydrogen) atoms. The molecule has 0 saturated heterocycles. The molecule has 7 nitrogen and oxygen atoms in total. The fraction of sp³-hybridized carbons (Fsp3) is 0.150. The van der Waals surface area contributed by atoms with Crippen molar-refractivity contribution < 1.29 is 24.6 Å². The number of rotatable bonds is 6. The Bertz CT molecular complexity index is 1050. The maximum atomic E-state index is 12.3. The average molecular weight is 366 g/mol. The second-order valence-corrected chi connectivity index (χ2v) is 6.19. The highest BCUT2D eigenvalue weighted by Crippen LogP contribution is 2.24. The number of H-pyrrole nitrogens is 1. The molecule has 0 atom stereocenters. The lowest BCUT2D eigenvalue weighted by Crippen LogP contribution is -2.27. The van der Waals surface area contributed by atoms with Crippen molar-refractivity contribution in [1.29, 1.82) is 0 Å².